The van der Waals surface area contributed by atoms with E-state index in [2.05, 4.69) is 5.32 Å². The molecule has 0 aliphatic carbocycles. The third kappa shape index (κ3) is 5.67. The molecule has 0 saturated heterocycles. The highest BCUT2D eigenvalue weighted by Crippen LogP contribution is 2.17. The van der Waals surface area contributed by atoms with E-state index in [4.69, 9.17) is 21.1 Å². The van der Waals surface area contributed by atoms with Crippen molar-refractivity contribution in [2.24, 2.45) is 0 Å². The van der Waals surface area contributed by atoms with Crippen LogP contribution in [0.4, 0.5) is 5.69 Å². The first kappa shape index (κ1) is 19.6. The molecule has 0 spiro atoms. The number of hydrogen-bond acceptors (Lipinski definition) is 4. The fourth-order valence-electron chi connectivity index (χ4n) is 2.25. The Hall–Kier alpha value is -2.73. The lowest BCUT2D eigenvalue weighted by Crippen LogP contribution is -2.41. The number of ether oxygens (including phenoxy) is 2. The molecule has 2 rings (SSSR count). The summed E-state index contributed by atoms with van der Waals surface area (Å²) < 4.78 is 10.6. The molecule has 26 heavy (non-hydrogen) atoms. The second-order valence-corrected chi connectivity index (χ2v) is 6.12. The number of halogens is 1. The Morgan fingerprint density at radius 3 is 2.23 bits per heavy atom. The molecule has 0 aliphatic heterocycles. The summed E-state index contributed by atoms with van der Waals surface area (Å²) in [6.07, 6.45) is -0.727. The van der Waals surface area contributed by atoms with Crippen molar-refractivity contribution in [3.8, 4) is 11.5 Å². The zero-order chi connectivity index (χ0) is 19.1. The molecule has 6 nitrogen and oxygen atoms in total. The summed E-state index contributed by atoms with van der Waals surface area (Å²) in [5, 5.41) is 3.32. The number of benzene rings is 2. The van der Waals surface area contributed by atoms with Crippen LogP contribution in [0.2, 0.25) is 5.02 Å². The molecule has 1 N–H and O–H groups in total. The fraction of sp³-hybridized carbons (Fsp3) is 0.263. The summed E-state index contributed by atoms with van der Waals surface area (Å²) in [4.78, 5) is 25.8. The predicted molar refractivity (Wildman–Crippen MR) is 101 cm³/mol. The van der Waals surface area contributed by atoms with Gasteiger partial charge in [0.05, 0.1) is 13.7 Å². The summed E-state index contributed by atoms with van der Waals surface area (Å²) in [6, 6.07) is 13.7. The van der Waals surface area contributed by atoms with Crippen molar-refractivity contribution in [3.63, 3.8) is 0 Å². The molecule has 0 bridgehead atoms. The zero-order valence-corrected chi connectivity index (χ0v) is 15.6. The first-order chi connectivity index (χ1) is 12.4. The maximum atomic E-state index is 12.4. The van der Waals surface area contributed by atoms with Gasteiger partial charge >= 0.3 is 0 Å². The van der Waals surface area contributed by atoms with Gasteiger partial charge in [-0.05, 0) is 55.5 Å². The fourth-order valence-corrected chi connectivity index (χ4v) is 2.37. The number of carbonyl (C=O) groups is 2. The van der Waals surface area contributed by atoms with E-state index in [1.54, 1.807) is 69.6 Å². The van der Waals surface area contributed by atoms with E-state index in [0.717, 1.165) is 0 Å². The van der Waals surface area contributed by atoms with Gasteiger partial charge in [0.25, 0.3) is 5.91 Å². The highest BCUT2D eigenvalue weighted by molar-refractivity contribution is 6.30. The number of amides is 2. The van der Waals surface area contributed by atoms with Crippen LogP contribution in [-0.4, -0.2) is 43.5 Å². The SMILES string of the molecule is COc1ccc(NC(=O)CN(C)C(=O)[C@@H](C)Oc2ccc(Cl)cc2)cc1. The normalized spacial score (nSPS) is 11.4. The lowest BCUT2D eigenvalue weighted by Gasteiger charge is -2.21. The summed E-state index contributed by atoms with van der Waals surface area (Å²) >= 11 is 5.82. The van der Waals surface area contributed by atoms with E-state index >= 15 is 0 Å². The van der Waals surface area contributed by atoms with Gasteiger partial charge in [0, 0.05) is 17.8 Å². The highest BCUT2D eigenvalue weighted by Gasteiger charge is 2.21. The minimum absolute atomic E-state index is 0.0841. The van der Waals surface area contributed by atoms with Crippen molar-refractivity contribution in [1.82, 2.24) is 4.90 Å². The van der Waals surface area contributed by atoms with E-state index < -0.39 is 6.10 Å². The molecule has 2 amide bonds. The number of rotatable bonds is 7. The molecule has 0 heterocycles. The second kappa shape index (κ2) is 9.10. The third-order valence-corrected chi connectivity index (χ3v) is 3.86. The molecular weight excluding hydrogens is 356 g/mol. The van der Waals surface area contributed by atoms with E-state index in [0.29, 0.717) is 22.2 Å². The summed E-state index contributed by atoms with van der Waals surface area (Å²) in [6.45, 7) is 1.55. The van der Waals surface area contributed by atoms with Crippen LogP contribution in [0.25, 0.3) is 0 Å². The number of nitrogens with one attached hydrogen (secondary N) is 1. The Morgan fingerprint density at radius 1 is 1.08 bits per heavy atom. The maximum absolute atomic E-state index is 12.4. The van der Waals surface area contributed by atoms with Gasteiger partial charge < -0.3 is 19.7 Å². The molecule has 0 aliphatic rings. The molecule has 1 atom stereocenters. The Labute approximate surface area is 157 Å². The quantitative estimate of drug-likeness (QED) is 0.805. The van der Waals surface area contributed by atoms with Gasteiger partial charge in [-0.1, -0.05) is 11.6 Å². The van der Waals surface area contributed by atoms with Crippen LogP contribution < -0.4 is 14.8 Å². The van der Waals surface area contributed by atoms with E-state index in [1.807, 2.05) is 0 Å². The maximum Gasteiger partial charge on any atom is 0.263 e. The number of hydrogen-bond donors (Lipinski definition) is 1. The Morgan fingerprint density at radius 2 is 1.65 bits per heavy atom. The monoisotopic (exact) mass is 376 g/mol. The Balaban J connectivity index is 1.86. The number of likely N-dealkylation sites (N-methyl/N-ethyl adjacent to an activating group) is 1. The highest BCUT2D eigenvalue weighted by atomic mass is 35.5. The van der Waals surface area contributed by atoms with Gasteiger partial charge in [-0.3, -0.25) is 9.59 Å². The van der Waals surface area contributed by atoms with Crippen LogP contribution in [-0.2, 0) is 9.59 Å². The standard InChI is InChI=1S/C19H21ClN2O4/c1-13(26-17-8-4-14(20)5-9-17)19(24)22(2)12-18(23)21-15-6-10-16(25-3)11-7-15/h4-11,13H,12H2,1-3H3,(H,21,23)/t13-/m1/s1. The Bertz CT molecular complexity index is 747. The molecule has 0 radical (unpaired) electrons. The molecule has 2 aromatic rings. The lowest BCUT2D eigenvalue weighted by atomic mass is 10.3. The average Bonchev–Trinajstić information content (AvgIpc) is 2.63. The Kier molecular flexibility index (Phi) is 6.86. The minimum atomic E-state index is -0.727. The molecule has 7 heteroatoms. The van der Waals surface area contributed by atoms with E-state index in [1.165, 1.54) is 4.90 Å². The van der Waals surface area contributed by atoms with Crippen LogP contribution in [0.5, 0.6) is 11.5 Å². The van der Waals surface area contributed by atoms with Crippen molar-refractivity contribution in [2.75, 3.05) is 26.0 Å². The molecule has 138 valence electrons. The van der Waals surface area contributed by atoms with Crippen molar-refractivity contribution < 1.29 is 19.1 Å². The largest absolute Gasteiger partial charge is 0.497 e. The topological polar surface area (TPSA) is 67.9 Å². The van der Waals surface area contributed by atoms with Gasteiger partial charge in [-0.25, -0.2) is 0 Å². The van der Waals surface area contributed by atoms with Gasteiger partial charge in [0.2, 0.25) is 5.91 Å². The van der Waals surface area contributed by atoms with Crippen LogP contribution in [0.1, 0.15) is 6.92 Å². The van der Waals surface area contributed by atoms with Gasteiger partial charge in [0.1, 0.15) is 11.5 Å². The van der Waals surface area contributed by atoms with Gasteiger partial charge in [-0.15, -0.1) is 0 Å². The molecule has 2 aromatic carbocycles. The molecule has 0 unspecified atom stereocenters. The van der Waals surface area contributed by atoms with Crippen LogP contribution >= 0.6 is 11.6 Å². The molecule has 0 aromatic heterocycles. The predicted octanol–water partition coefficient (Wildman–Crippen LogP) is 3.21. The first-order valence-electron chi connectivity index (χ1n) is 8.00. The van der Waals surface area contributed by atoms with E-state index in [9.17, 15) is 9.59 Å². The smallest absolute Gasteiger partial charge is 0.263 e. The summed E-state index contributed by atoms with van der Waals surface area (Å²) in [5.41, 5.74) is 0.627. The van der Waals surface area contributed by atoms with Crippen molar-refractivity contribution in [2.45, 2.75) is 13.0 Å². The lowest BCUT2D eigenvalue weighted by molar-refractivity contribution is -0.139. The van der Waals surface area contributed by atoms with Crippen molar-refractivity contribution >= 4 is 29.1 Å². The summed E-state index contributed by atoms with van der Waals surface area (Å²) in [7, 11) is 3.12. The average molecular weight is 377 g/mol. The third-order valence-electron chi connectivity index (χ3n) is 3.61. The second-order valence-electron chi connectivity index (χ2n) is 5.68. The summed E-state index contributed by atoms with van der Waals surface area (Å²) in [5.74, 6) is 0.629. The minimum Gasteiger partial charge on any atom is -0.497 e. The molecule has 0 saturated carbocycles. The van der Waals surface area contributed by atoms with Crippen molar-refractivity contribution in [3.05, 3.63) is 53.6 Å². The van der Waals surface area contributed by atoms with Crippen molar-refractivity contribution in [1.29, 1.82) is 0 Å². The van der Waals surface area contributed by atoms with E-state index in [-0.39, 0.29) is 18.4 Å². The first-order valence-corrected chi connectivity index (χ1v) is 8.38. The van der Waals surface area contributed by atoms with Crippen LogP contribution in [0.3, 0.4) is 0 Å². The number of nitrogens with zero attached hydrogens (tertiary/aromatic N) is 1. The number of carbonyl (C=O) groups excluding carboxylic acids is 2. The van der Waals surface area contributed by atoms with Crippen LogP contribution in [0.15, 0.2) is 48.5 Å². The number of anilines is 1. The van der Waals surface area contributed by atoms with Crippen LogP contribution in [0, 0.1) is 0 Å². The molecular formula is C19H21ClN2O4. The van der Waals surface area contributed by atoms with Gasteiger partial charge in [-0.2, -0.15) is 0 Å². The zero-order valence-electron chi connectivity index (χ0n) is 14.9. The van der Waals surface area contributed by atoms with Gasteiger partial charge in [0.15, 0.2) is 6.10 Å². The number of methoxy groups -OCH3 is 1. The molecule has 0 fully saturated rings.